The van der Waals surface area contributed by atoms with E-state index in [0.717, 1.165) is 38.9 Å². The molecule has 0 amide bonds. The fourth-order valence-corrected chi connectivity index (χ4v) is 2.84. The second-order valence-electron chi connectivity index (χ2n) is 5.68. The number of rotatable bonds is 6. The molecule has 0 saturated carbocycles. The number of halogens is 2. The van der Waals surface area contributed by atoms with Gasteiger partial charge in [0.15, 0.2) is 0 Å². The number of nitrogens with zero attached hydrogens (tertiary/aromatic N) is 1. The first kappa shape index (κ1) is 15.4. The van der Waals surface area contributed by atoms with E-state index in [1.54, 1.807) is 18.2 Å². The van der Waals surface area contributed by atoms with Crippen LogP contribution in [0.1, 0.15) is 24.8 Å². The summed E-state index contributed by atoms with van der Waals surface area (Å²) in [4.78, 5) is 1.91. The molecule has 1 aromatic carbocycles. The summed E-state index contributed by atoms with van der Waals surface area (Å²) >= 11 is 0. The van der Waals surface area contributed by atoms with Gasteiger partial charge in [0.1, 0.15) is 0 Å². The monoisotopic (exact) mass is 282 g/mol. The number of benzene rings is 1. The van der Waals surface area contributed by atoms with Gasteiger partial charge in [-0.1, -0.05) is 30.3 Å². The van der Waals surface area contributed by atoms with Gasteiger partial charge in [-0.25, -0.2) is 0 Å². The predicted molar refractivity (Wildman–Crippen MR) is 78.0 cm³/mol. The molecule has 0 spiro atoms. The van der Waals surface area contributed by atoms with Crippen LogP contribution in [0.15, 0.2) is 30.3 Å². The second-order valence-corrected chi connectivity index (χ2v) is 5.68. The number of alkyl halides is 2. The summed E-state index contributed by atoms with van der Waals surface area (Å²) in [5.74, 6) is -2.07. The minimum absolute atomic E-state index is 0.123. The molecule has 0 radical (unpaired) electrons. The minimum atomic E-state index is -2.75. The van der Waals surface area contributed by atoms with Crippen molar-refractivity contribution in [2.24, 2.45) is 5.92 Å². The number of hydrogen-bond acceptors (Lipinski definition) is 2. The topological polar surface area (TPSA) is 15.3 Å². The highest BCUT2D eigenvalue weighted by atomic mass is 19.3. The molecule has 1 heterocycles. The van der Waals surface area contributed by atoms with E-state index in [-0.39, 0.29) is 12.1 Å². The lowest BCUT2D eigenvalue weighted by Crippen LogP contribution is -2.41. The first-order chi connectivity index (χ1) is 9.62. The summed E-state index contributed by atoms with van der Waals surface area (Å²) in [6.45, 7) is 2.44. The van der Waals surface area contributed by atoms with Crippen LogP contribution in [0.5, 0.6) is 0 Å². The van der Waals surface area contributed by atoms with Crippen molar-refractivity contribution in [1.82, 2.24) is 10.2 Å². The Labute approximate surface area is 120 Å². The molecular formula is C16H24F2N2. The van der Waals surface area contributed by atoms with E-state index in [1.807, 2.05) is 11.9 Å². The quantitative estimate of drug-likeness (QED) is 0.862. The van der Waals surface area contributed by atoms with E-state index in [0.29, 0.717) is 5.92 Å². The van der Waals surface area contributed by atoms with Crippen molar-refractivity contribution >= 4 is 0 Å². The van der Waals surface area contributed by atoms with Gasteiger partial charge in [0, 0.05) is 5.56 Å². The zero-order chi connectivity index (χ0) is 14.4. The molecule has 1 saturated heterocycles. The van der Waals surface area contributed by atoms with Crippen molar-refractivity contribution in [2.45, 2.75) is 25.2 Å². The summed E-state index contributed by atoms with van der Waals surface area (Å²) in [5, 5.41) is 3.15. The maximum atomic E-state index is 14.2. The molecule has 20 heavy (non-hydrogen) atoms. The standard InChI is InChI=1S/C16H24F2N2/c1-19-10-7-14-8-11-20(12-9-14)13-16(17,18)15-5-3-2-4-6-15/h2-6,14,19H,7-13H2,1H3. The van der Waals surface area contributed by atoms with Crippen LogP contribution >= 0.6 is 0 Å². The van der Waals surface area contributed by atoms with Crippen molar-refractivity contribution in [3.8, 4) is 0 Å². The van der Waals surface area contributed by atoms with Gasteiger partial charge in [-0.3, -0.25) is 4.90 Å². The molecule has 0 aliphatic carbocycles. The molecule has 4 heteroatoms. The summed E-state index contributed by atoms with van der Waals surface area (Å²) in [6.07, 6.45) is 3.22. The summed E-state index contributed by atoms with van der Waals surface area (Å²) in [7, 11) is 1.95. The predicted octanol–water partition coefficient (Wildman–Crippen LogP) is 3.10. The van der Waals surface area contributed by atoms with E-state index < -0.39 is 5.92 Å². The molecular weight excluding hydrogens is 258 g/mol. The van der Waals surface area contributed by atoms with Crippen LogP contribution in [-0.2, 0) is 5.92 Å². The Hall–Kier alpha value is -1.00. The SMILES string of the molecule is CNCCC1CCN(CC(F)(F)c2ccccc2)CC1. The molecule has 0 atom stereocenters. The molecule has 112 valence electrons. The van der Waals surface area contributed by atoms with Crippen LogP contribution in [-0.4, -0.2) is 38.1 Å². The Morgan fingerprint density at radius 1 is 1.20 bits per heavy atom. The molecule has 2 rings (SSSR count). The number of nitrogens with one attached hydrogen (secondary N) is 1. The van der Waals surface area contributed by atoms with Gasteiger partial charge in [-0.05, 0) is 51.9 Å². The van der Waals surface area contributed by atoms with Gasteiger partial charge in [0.2, 0.25) is 0 Å². The van der Waals surface area contributed by atoms with Crippen molar-refractivity contribution in [3.05, 3.63) is 35.9 Å². The Bertz CT molecular complexity index is 387. The fourth-order valence-electron chi connectivity index (χ4n) is 2.84. The van der Waals surface area contributed by atoms with Crippen LogP contribution < -0.4 is 5.32 Å². The normalized spacial score (nSPS) is 18.4. The highest BCUT2D eigenvalue weighted by molar-refractivity contribution is 5.20. The first-order valence-electron chi connectivity index (χ1n) is 7.42. The Balaban J connectivity index is 1.83. The molecule has 1 aromatic rings. The van der Waals surface area contributed by atoms with Crippen LogP contribution in [0, 0.1) is 5.92 Å². The third-order valence-corrected chi connectivity index (χ3v) is 4.13. The zero-order valence-electron chi connectivity index (χ0n) is 12.1. The lowest BCUT2D eigenvalue weighted by molar-refractivity contribution is -0.0447. The van der Waals surface area contributed by atoms with Crippen molar-refractivity contribution < 1.29 is 8.78 Å². The third-order valence-electron chi connectivity index (χ3n) is 4.13. The van der Waals surface area contributed by atoms with Gasteiger partial charge in [-0.2, -0.15) is 8.78 Å². The Morgan fingerprint density at radius 3 is 2.45 bits per heavy atom. The Kier molecular flexibility index (Phi) is 5.49. The first-order valence-corrected chi connectivity index (χ1v) is 7.42. The lowest BCUT2D eigenvalue weighted by Gasteiger charge is -2.34. The zero-order valence-corrected chi connectivity index (χ0v) is 12.1. The maximum Gasteiger partial charge on any atom is 0.285 e. The summed E-state index contributed by atoms with van der Waals surface area (Å²) in [6, 6.07) is 8.15. The average molecular weight is 282 g/mol. The molecule has 1 N–H and O–H groups in total. The van der Waals surface area contributed by atoms with Gasteiger partial charge in [0.05, 0.1) is 6.54 Å². The molecule has 0 aromatic heterocycles. The molecule has 0 bridgehead atoms. The van der Waals surface area contributed by atoms with Crippen molar-refractivity contribution in [2.75, 3.05) is 33.2 Å². The Morgan fingerprint density at radius 2 is 1.85 bits per heavy atom. The van der Waals surface area contributed by atoms with Crippen LogP contribution in [0.4, 0.5) is 8.78 Å². The van der Waals surface area contributed by atoms with Gasteiger partial charge >= 0.3 is 0 Å². The third kappa shape index (κ3) is 4.25. The van der Waals surface area contributed by atoms with Crippen LogP contribution in [0.2, 0.25) is 0 Å². The van der Waals surface area contributed by atoms with Crippen LogP contribution in [0.3, 0.4) is 0 Å². The van der Waals surface area contributed by atoms with E-state index in [1.165, 1.54) is 12.1 Å². The van der Waals surface area contributed by atoms with Crippen molar-refractivity contribution in [1.29, 1.82) is 0 Å². The largest absolute Gasteiger partial charge is 0.320 e. The highest BCUT2D eigenvalue weighted by Crippen LogP contribution is 2.30. The summed E-state index contributed by atoms with van der Waals surface area (Å²) < 4.78 is 28.4. The maximum absolute atomic E-state index is 14.2. The van der Waals surface area contributed by atoms with Crippen molar-refractivity contribution in [3.63, 3.8) is 0 Å². The summed E-state index contributed by atoms with van der Waals surface area (Å²) in [5.41, 5.74) is 0.123. The lowest BCUT2D eigenvalue weighted by atomic mass is 9.93. The number of piperidine rings is 1. The van der Waals surface area contributed by atoms with E-state index in [9.17, 15) is 8.78 Å². The molecule has 1 aliphatic rings. The minimum Gasteiger partial charge on any atom is -0.320 e. The van der Waals surface area contributed by atoms with Gasteiger partial charge in [0.25, 0.3) is 5.92 Å². The highest BCUT2D eigenvalue weighted by Gasteiger charge is 2.34. The number of hydrogen-bond donors (Lipinski definition) is 1. The van der Waals surface area contributed by atoms with Gasteiger partial charge in [-0.15, -0.1) is 0 Å². The molecule has 0 unspecified atom stereocenters. The fraction of sp³-hybridized carbons (Fsp3) is 0.625. The van der Waals surface area contributed by atoms with Crippen LogP contribution in [0.25, 0.3) is 0 Å². The van der Waals surface area contributed by atoms with E-state index in [2.05, 4.69) is 5.32 Å². The molecule has 1 aliphatic heterocycles. The van der Waals surface area contributed by atoms with E-state index >= 15 is 0 Å². The molecule has 1 fully saturated rings. The molecule has 2 nitrogen and oxygen atoms in total. The second kappa shape index (κ2) is 7.14. The average Bonchev–Trinajstić information content (AvgIpc) is 2.47. The number of likely N-dealkylation sites (tertiary alicyclic amines) is 1. The van der Waals surface area contributed by atoms with E-state index in [4.69, 9.17) is 0 Å². The van der Waals surface area contributed by atoms with Gasteiger partial charge < -0.3 is 5.32 Å². The smallest absolute Gasteiger partial charge is 0.285 e.